The first kappa shape index (κ1) is 22.4. The molecule has 0 aliphatic carbocycles. The molecule has 6 nitrogen and oxygen atoms in total. The van der Waals surface area contributed by atoms with E-state index >= 15 is 0 Å². The van der Waals surface area contributed by atoms with E-state index in [2.05, 4.69) is 18.8 Å². The lowest BCUT2D eigenvalue weighted by Gasteiger charge is -2.14. The van der Waals surface area contributed by atoms with Crippen LogP contribution in [0, 0.1) is 5.92 Å². The van der Waals surface area contributed by atoms with Crippen LogP contribution in [0.3, 0.4) is 0 Å². The number of fused-ring (bicyclic) bond motifs is 1. The summed E-state index contributed by atoms with van der Waals surface area (Å²) in [4.78, 5) is 31.4. The van der Waals surface area contributed by atoms with Gasteiger partial charge in [-0.1, -0.05) is 73.4 Å². The molecule has 4 aromatic rings. The van der Waals surface area contributed by atoms with E-state index in [1.807, 2.05) is 34.9 Å². The smallest absolute Gasteiger partial charge is 0.325 e. The first-order valence-electron chi connectivity index (χ1n) is 10.5. The minimum absolute atomic E-state index is 0.0494. The average Bonchev–Trinajstić information content (AvgIpc) is 3.19. The van der Waals surface area contributed by atoms with E-state index in [4.69, 9.17) is 23.2 Å². The highest BCUT2D eigenvalue weighted by atomic mass is 35.5. The van der Waals surface area contributed by atoms with E-state index < -0.39 is 5.69 Å². The summed E-state index contributed by atoms with van der Waals surface area (Å²) in [6.45, 7) is 5.27. The molecule has 32 heavy (non-hydrogen) atoms. The Labute approximate surface area is 195 Å². The van der Waals surface area contributed by atoms with Crippen molar-refractivity contribution in [3.8, 4) is 0 Å². The molecular weight excluding hydrogens is 447 g/mol. The molecule has 0 fully saturated rings. The van der Waals surface area contributed by atoms with Gasteiger partial charge in [0.1, 0.15) is 0 Å². The van der Waals surface area contributed by atoms with E-state index in [9.17, 15) is 9.59 Å². The number of aryl methyl sites for hydroxylation is 1. The van der Waals surface area contributed by atoms with Crippen LogP contribution in [0.25, 0.3) is 11.2 Å². The zero-order valence-electron chi connectivity index (χ0n) is 18.0. The fourth-order valence-electron chi connectivity index (χ4n) is 3.67. The molecule has 8 heteroatoms. The largest absolute Gasteiger partial charge is 0.333 e. The Kier molecular flexibility index (Phi) is 6.53. The van der Waals surface area contributed by atoms with Crippen molar-refractivity contribution in [2.75, 3.05) is 0 Å². The Hall–Kier alpha value is -2.83. The van der Waals surface area contributed by atoms with Crippen LogP contribution in [0.5, 0.6) is 0 Å². The molecule has 0 N–H and O–H groups in total. The predicted octanol–water partition coefficient (Wildman–Crippen LogP) is 4.81. The van der Waals surface area contributed by atoms with Gasteiger partial charge in [-0.2, -0.15) is 0 Å². The van der Waals surface area contributed by atoms with Gasteiger partial charge in [0.05, 0.1) is 19.4 Å². The van der Waals surface area contributed by atoms with Crippen molar-refractivity contribution in [1.29, 1.82) is 0 Å². The molecule has 2 heterocycles. The molecule has 0 bridgehead atoms. The van der Waals surface area contributed by atoms with E-state index in [1.165, 1.54) is 4.57 Å². The number of benzene rings is 2. The van der Waals surface area contributed by atoms with Gasteiger partial charge in [-0.25, -0.2) is 9.78 Å². The van der Waals surface area contributed by atoms with Gasteiger partial charge < -0.3 is 4.57 Å². The molecule has 4 rings (SSSR count). The molecule has 2 aromatic carbocycles. The van der Waals surface area contributed by atoms with Crippen LogP contribution in [-0.2, 0) is 19.6 Å². The van der Waals surface area contributed by atoms with Crippen molar-refractivity contribution in [2.24, 2.45) is 5.92 Å². The Bertz CT molecular complexity index is 1370. The van der Waals surface area contributed by atoms with Crippen LogP contribution in [0.1, 0.15) is 31.4 Å². The van der Waals surface area contributed by atoms with Gasteiger partial charge in [0, 0.05) is 16.6 Å². The first-order chi connectivity index (χ1) is 15.3. The van der Waals surface area contributed by atoms with Gasteiger partial charge in [0.2, 0.25) is 0 Å². The van der Waals surface area contributed by atoms with Crippen molar-refractivity contribution in [2.45, 2.75) is 39.9 Å². The fourth-order valence-corrected chi connectivity index (χ4v) is 4.14. The zero-order chi connectivity index (χ0) is 22.8. The average molecular weight is 471 g/mol. The van der Waals surface area contributed by atoms with E-state index in [0.717, 1.165) is 12.0 Å². The molecular formula is C24H24Cl2N4O2. The number of aromatic nitrogens is 4. The normalized spacial score (nSPS) is 11.5. The van der Waals surface area contributed by atoms with Gasteiger partial charge in [-0.15, -0.1) is 0 Å². The fraction of sp³-hybridized carbons (Fsp3) is 0.292. The number of hydrogen-bond acceptors (Lipinski definition) is 3. The van der Waals surface area contributed by atoms with Gasteiger partial charge in [-0.05, 0) is 35.6 Å². The molecule has 166 valence electrons. The maximum absolute atomic E-state index is 13.5. The quantitative estimate of drug-likeness (QED) is 0.389. The highest BCUT2D eigenvalue weighted by Gasteiger charge is 2.19. The molecule has 2 aromatic heterocycles. The highest BCUT2D eigenvalue weighted by Crippen LogP contribution is 2.21. The summed E-state index contributed by atoms with van der Waals surface area (Å²) in [6, 6.07) is 14.7. The third-order valence-electron chi connectivity index (χ3n) is 5.46. The summed E-state index contributed by atoms with van der Waals surface area (Å²) in [5.41, 5.74) is 1.61. The van der Waals surface area contributed by atoms with Crippen molar-refractivity contribution in [3.63, 3.8) is 0 Å². The van der Waals surface area contributed by atoms with Gasteiger partial charge in [0.15, 0.2) is 11.2 Å². The van der Waals surface area contributed by atoms with E-state index in [1.54, 1.807) is 29.1 Å². The summed E-state index contributed by atoms with van der Waals surface area (Å²) < 4.78 is 4.63. The molecule has 0 spiro atoms. The van der Waals surface area contributed by atoms with Crippen LogP contribution >= 0.6 is 23.2 Å². The van der Waals surface area contributed by atoms with Crippen molar-refractivity contribution in [1.82, 2.24) is 18.7 Å². The lowest BCUT2D eigenvalue weighted by molar-refractivity contribution is 0.520. The van der Waals surface area contributed by atoms with Crippen molar-refractivity contribution >= 4 is 34.4 Å². The van der Waals surface area contributed by atoms with E-state index in [0.29, 0.717) is 45.8 Å². The van der Waals surface area contributed by atoms with Crippen LogP contribution < -0.4 is 11.2 Å². The number of rotatable bonds is 7. The second-order valence-corrected chi connectivity index (χ2v) is 9.12. The molecule has 0 saturated heterocycles. The molecule has 0 aliphatic heterocycles. The highest BCUT2D eigenvalue weighted by molar-refractivity contribution is 6.35. The topological polar surface area (TPSA) is 61.8 Å². The summed E-state index contributed by atoms with van der Waals surface area (Å²) in [5, 5.41) is 0.904. The summed E-state index contributed by atoms with van der Waals surface area (Å²) >= 11 is 12.4. The van der Waals surface area contributed by atoms with Gasteiger partial charge in [0.25, 0.3) is 5.56 Å². The summed E-state index contributed by atoms with van der Waals surface area (Å²) in [5.74, 6) is 0.470. The van der Waals surface area contributed by atoms with Gasteiger partial charge in [-0.3, -0.25) is 13.9 Å². The lowest BCUT2D eigenvalue weighted by atomic mass is 10.1. The minimum atomic E-state index is -0.425. The SMILES string of the molecule is CC(C)CCn1cnc2c1c(=O)n(Cc1ccc(Cl)cc1Cl)c(=O)n2Cc1ccccc1. The molecule has 0 unspecified atom stereocenters. The zero-order valence-corrected chi connectivity index (χ0v) is 19.5. The maximum atomic E-state index is 13.5. The van der Waals surface area contributed by atoms with Crippen LogP contribution in [0.15, 0.2) is 64.4 Å². The number of nitrogens with zero attached hydrogens (tertiary/aromatic N) is 4. The van der Waals surface area contributed by atoms with Crippen LogP contribution in [-0.4, -0.2) is 18.7 Å². The lowest BCUT2D eigenvalue weighted by Crippen LogP contribution is -2.41. The van der Waals surface area contributed by atoms with Gasteiger partial charge >= 0.3 is 5.69 Å². The third-order valence-corrected chi connectivity index (χ3v) is 6.05. The monoisotopic (exact) mass is 470 g/mol. The summed E-state index contributed by atoms with van der Waals surface area (Å²) in [7, 11) is 0. The first-order valence-corrected chi connectivity index (χ1v) is 11.3. The summed E-state index contributed by atoms with van der Waals surface area (Å²) in [6.07, 6.45) is 2.54. The molecule has 0 radical (unpaired) electrons. The van der Waals surface area contributed by atoms with Crippen LogP contribution in [0.4, 0.5) is 0 Å². The Morgan fingerprint density at radius 3 is 2.41 bits per heavy atom. The Morgan fingerprint density at radius 2 is 1.72 bits per heavy atom. The predicted molar refractivity (Wildman–Crippen MR) is 129 cm³/mol. The Morgan fingerprint density at radius 1 is 0.969 bits per heavy atom. The van der Waals surface area contributed by atoms with Crippen molar-refractivity contribution < 1.29 is 0 Å². The second-order valence-electron chi connectivity index (χ2n) is 8.27. The molecule has 0 atom stereocenters. The van der Waals surface area contributed by atoms with E-state index in [-0.39, 0.29) is 12.1 Å². The van der Waals surface area contributed by atoms with Crippen molar-refractivity contribution in [3.05, 3.63) is 96.9 Å². The number of hydrogen-bond donors (Lipinski definition) is 0. The van der Waals surface area contributed by atoms with Crippen LogP contribution in [0.2, 0.25) is 10.0 Å². The standard InChI is InChI=1S/C24H24Cl2N4O2/c1-16(2)10-11-28-15-27-22-21(28)23(31)30(14-18-8-9-19(25)12-20(18)26)24(32)29(22)13-17-6-4-3-5-7-17/h3-9,12,15-16H,10-11,13-14H2,1-2H3. The molecule has 0 aliphatic rings. The second kappa shape index (κ2) is 9.35. The molecule has 0 amide bonds. The molecule has 0 saturated carbocycles. The maximum Gasteiger partial charge on any atom is 0.333 e. The third kappa shape index (κ3) is 4.52. The number of imidazole rings is 1. The minimum Gasteiger partial charge on any atom is -0.325 e. The Balaban J connectivity index is 1.90. The number of halogens is 2.